The number of amides is 2. The maximum Gasteiger partial charge on any atom is 0.337 e. The summed E-state index contributed by atoms with van der Waals surface area (Å²) in [6, 6.07) is 20.1. The van der Waals surface area contributed by atoms with Gasteiger partial charge < -0.3 is 14.8 Å². The molecule has 0 fully saturated rings. The highest BCUT2D eigenvalue weighted by Gasteiger charge is 2.40. The van der Waals surface area contributed by atoms with Gasteiger partial charge in [0.05, 0.1) is 25.5 Å². The normalized spacial score (nSPS) is 13.3. The summed E-state index contributed by atoms with van der Waals surface area (Å²) in [7, 11) is 2.83. The van der Waals surface area contributed by atoms with Gasteiger partial charge >= 0.3 is 5.97 Å². The molecule has 0 radical (unpaired) electrons. The SMILES string of the molecule is COC(=O)c1ccc(N2C(=O)C(Nc3cccc(OC)c3)=C(Sc3ccc(Cl)cc3)C2=O)cc1. The molecule has 2 amide bonds. The Labute approximate surface area is 205 Å². The average Bonchev–Trinajstić information content (AvgIpc) is 3.09. The first-order valence-corrected chi connectivity index (χ1v) is 11.3. The molecule has 0 aliphatic carbocycles. The summed E-state index contributed by atoms with van der Waals surface area (Å²) in [6.07, 6.45) is 0. The minimum atomic E-state index is -0.518. The average molecular weight is 495 g/mol. The summed E-state index contributed by atoms with van der Waals surface area (Å²) < 4.78 is 9.97. The third-order valence-corrected chi connectivity index (χ3v) is 6.30. The Morgan fingerprint density at radius 3 is 2.29 bits per heavy atom. The van der Waals surface area contributed by atoms with E-state index in [2.05, 4.69) is 5.32 Å². The summed E-state index contributed by atoms with van der Waals surface area (Å²) in [5, 5.41) is 3.65. The second-order valence-corrected chi connectivity index (χ2v) is 8.62. The molecule has 0 aromatic heterocycles. The Morgan fingerprint density at radius 2 is 1.65 bits per heavy atom. The lowest BCUT2D eigenvalue weighted by Crippen LogP contribution is -2.32. The molecule has 0 spiro atoms. The highest BCUT2D eigenvalue weighted by atomic mass is 35.5. The van der Waals surface area contributed by atoms with Gasteiger partial charge in [-0.15, -0.1) is 0 Å². The van der Waals surface area contributed by atoms with E-state index < -0.39 is 17.8 Å². The number of esters is 1. The molecule has 34 heavy (non-hydrogen) atoms. The van der Waals surface area contributed by atoms with E-state index in [0.717, 1.165) is 21.6 Å². The Bertz CT molecular complexity index is 1290. The lowest BCUT2D eigenvalue weighted by atomic mass is 10.2. The van der Waals surface area contributed by atoms with Crippen LogP contribution in [0.1, 0.15) is 10.4 Å². The Hall–Kier alpha value is -3.75. The second-order valence-electron chi connectivity index (χ2n) is 7.10. The Kier molecular flexibility index (Phi) is 6.90. The van der Waals surface area contributed by atoms with Gasteiger partial charge in [-0.1, -0.05) is 29.4 Å². The van der Waals surface area contributed by atoms with Crippen molar-refractivity contribution in [2.75, 3.05) is 24.4 Å². The van der Waals surface area contributed by atoms with Crippen LogP contribution >= 0.6 is 23.4 Å². The van der Waals surface area contributed by atoms with Gasteiger partial charge in [-0.25, -0.2) is 9.69 Å². The third kappa shape index (κ3) is 4.78. The molecule has 1 aliphatic rings. The van der Waals surface area contributed by atoms with Crippen LogP contribution < -0.4 is 15.0 Å². The minimum Gasteiger partial charge on any atom is -0.497 e. The number of thioether (sulfide) groups is 1. The number of carbonyl (C=O) groups is 3. The first kappa shape index (κ1) is 23.4. The highest BCUT2D eigenvalue weighted by molar-refractivity contribution is 8.04. The molecule has 7 nitrogen and oxygen atoms in total. The molecule has 172 valence electrons. The van der Waals surface area contributed by atoms with Crippen molar-refractivity contribution in [3.63, 3.8) is 0 Å². The van der Waals surface area contributed by atoms with Gasteiger partial charge in [0.15, 0.2) is 0 Å². The number of nitrogens with one attached hydrogen (secondary N) is 1. The van der Waals surface area contributed by atoms with Crippen LogP contribution in [-0.4, -0.2) is 32.0 Å². The summed E-state index contributed by atoms with van der Waals surface area (Å²) in [6.45, 7) is 0. The van der Waals surface area contributed by atoms with Gasteiger partial charge in [-0.05, 0) is 60.7 Å². The number of benzene rings is 3. The van der Waals surface area contributed by atoms with Crippen molar-refractivity contribution < 1.29 is 23.9 Å². The van der Waals surface area contributed by atoms with Crippen LogP contribution in [0.2, 0.25) is 5.02 Å². The van der Waals surface area contributed by atoms with Gasteiger partial charge in [0.1, 0.15) is 16.4 Å². The van der Waals surface area contributed by atoms with Crippen LogP contribution in [0.25, 0.3) is 0 Å². The van der Waals surface area contributed by atoms with Gasteiger partial charge in [-0.3, -0.25) is 9.59 Å². The lowest BCUT2D eigenvalue weighted by Gasteiger charge is -2.15. The van der Waals surface area contributed by atoms with Crippen LogP contribution in [0.5, 0.6) is 5.75 Å². The fourth-order valence-corrected chi connectivity index (χ4v) is 4.33. The zero-order valence-corrected chi connectivity index (χ0v) is 19.8. The number of ether oxygens (including phenoxy) is 2. The summed E-state index contributed by atoms with van der Waals surface area (Å²) in [5.41, 5.74) is 1.37. The van der Waals surface area contributed by atoms with Crippen molar-refractivity contribution in [3.05, 3.63) is 94.0 Å². The molecule has 0 bridgehead atoms. The summed E-state index contributed by atoms with van der Waals surface area (Å²) in [4.78, 5) is 40.7. The predicted octanol–water partition coefficient (Wildman–Crippen LogP) is 5.12. The molecule has 0 atom stereocenters. The molecule has 1 N–H and O–H groups in total. The third-order valence-electron chi connectivity index (χ3n) is 4.96. The van der Waals surface area contributed by atoms with Crippen molar-refractivity contribution in [3.8, 4) is 5.75 Å². The summed E-state index contributed by atoms with van der Waals surface area (Å²) >= 11 is 7.15. The number of imide groups is 1. The monoisotopic (exact) mass is 494 g/mol. The zero-order chi connectivity index (χ0) is 24.2. The maximum atomic E-state index is 13.4. The number of anilines is 2. The van der Waals surface area contributed by atoms with Crippen LogP contribution in [-0.2, 0) is 14.3 Å². The minimum absolute atomic E-state index is 0.134. The molecule has 1 heterocycles. The second kappa shape index (κ2) is 10.0. The van der Waals surface area contributed by atoms with E-state index >= 15 is 0 Å². The van der Waals surface area contributed by atoms with E-state index in [1.165, 1.54) is 31.4 Å². The van der Waals surface area contributed by atoms with Crippen molar-refractivity contribution in [2.45, 2.75) is 4.90 Å². The van der Waals surface area contributed by atoms with Crippen molar-refractivity contribution in [2.24, 2.45) is 0 Å². The first-order chi connectivity index (χ1) is 16.4. The molecule has 1 aliphatic heterocycles. The fraction of sp³-hybridized carbons (Fsp3) is 0.0800. The van der Waals surface area contributed by atoms with E-state index in [1.54, 1.807) is 55.6 Å². The molecule has 9 heteroatoms. The lowest BCUT2D eigenvalue weighted by molar-refractivity contribution is -0.120. The topological polar surface area (TPSA) is 84.9 Å². The Balaban J connectivity index is 1.71. The number of rotatable bonds is 7. The van der Waals surface area contributed by atoms with Crippen molar-refractivity contribution in [1.82, 2.24) is 0 Å². The molecule has 0 saturated heterocycles. The van der Waals surface area contributed by atoms with E-state index in [-0.39, 0.29) is 10.6 Å². The fourth-order valence-electron chi connectivity index (χ4n) is 3.28. The molecule has 0 saturated carbocycles. The Morgan fingerprint density at radius 1 is 0.941 bits per heavy atom. The maximum absolute atomic E-state index is 13.4. The number of hydrogen-bond donors (Lipinski definition) is 1. The molecule has 3 aromatic rings. The summed E-state index contributed by atoms with van der Waals surface area (Å²) in [5.74, 6) is -0.913. The largest absolute Gasteiger partial charge is 0.497 e. The number of hydrogen-bond acceptors (Lipinski definition) is 7. The highest BCUT2D eigenvalue weighted by Crippen LogP contribution is 2.38. The van der Waals surface area contributed by atoms with Crippen LogP contribution in [0.15, 0.2) is 88.3 Å². The van der Waals surface area contributed by atoms with Crippen LogP contribution in [0, 0.1) is 0 Å². The van der Waals surface area contributed by atoms with Crippen molar-refractivity contribution >= 4 is 52.5 Å². The number of halogens is 1. The molecule has 3 aromatic carbocycles. The standard InChI is InChI=1S/C25H19ClN2O5S/c1-32-19-5-3-4-17(14-19)27-21-22(34-20-12-8-16(26)9-13-20)24(30)28(23(21)29)18-10-6-15(7-11-18)25(31)33-2/h3-14,27H,1-2H3. The molecular weight excluding hydrogens is 476 g/mol. The zero-order valence-electron chi connectivity index (χ0n) is 18.2. The van der Waals surface area contributed by atoms with Gasteiger partial charge in [0, 0.05) is 21.7 Å². The van der Waals surface area contributed by atoms with E-state index in [0.29, 0.717) is 27.7 Å². The van der Waals surface area contributed by atoms with E-state index in [4.69, 9.17) is 21.1 Å². The molecule has 0 unspecified atom stereocenters. The van der Waals surface area contributed by atoms with Crippen LogP contribution in [0.3, 0.4) is 0 Å². The number of nitrogens with zero attached hydrogens (tertiary/aromatic N) is 1. The molecule has 4 rings (SSSR count). The van der Waals surface area contributed by atoms with E-state index in [1.807, 2.05) is 0 Å². The van der Waals surface area contributed by atoms with Gasteiger partial charge in [-0.2, -0.15) is 0 Å². The first-order valence-electron chi connectivity index (χ1n) is 10.1. The van der Waals surface area contributed by atoms with Gasteiger partial charge in [0.25, 0.3) is 11.8 Å². The quantitative estimate of drug-likeness (QED) is 0.360. The smallest absolute Gasteiger partial charge is 0.337 e. The van der Waals surface area contributed by atoms with Gasteiger partial charge in [0.2, 0.25) is 0 Å². The molecular formula is C25H19ClN2O5S. The number of carbonyl (C=O) groups excluding carboxylic acids is 3. The van der Waals surface area contributed by atoms with E-state index in [9.17, 15) is 14.4 Å². The van der Waals surface area contributed by atoms with Crippen molar-refractivity contribution in [1.29, 1.82) is 0 Å². The van der Waals surface area contributed by atoms with Crippen LogP contribution in [0.4, 0.5) is 11.4 Å². The number of methoxy groups -OCH3 is 2. The predicted molar refractivity (Wildman–Crippen MR) is 131 cm³/mol.